The lowest BCUT2D eigenvalue weighted by Crippen LogP contribution is -2.56. The Balaban J connectivity index is 1.22. The molecule has 0 radical (unpaired) electrons. The molecule has 7 aromatic rings. The Kier molecular flexibility index (Phi) is 6.34. The zero-order valence-corrected chi connectivity index (χ0v) is 28.8. The number of para-hydroxylation sites is 1. The molecule has 1 aliphatic heterocycles. The molecule has 0 bridgehead atoms. The lowest BCUT2D eigenvalue weighted by Gasteiger charge is -2.34. The van der Waals surface area contributed by atoms with Crippen molar-refractivity contribution >= 4 is 46.3 Å². The van der Waals surface area contributed by atoms with Crippen LogP contribution in [0.5, 0.6) is 11.5 Å². The van der Waals surface area contributed by atoms with Gasteiger partial charge in [-0.2, -0.15) is 0 Å². The zero-order chi connectivity index (χ0) is 32.6. The second kappa shape index (κ2) is 10.6. The van der Waals surface area contributed by atoms with Gasteiger partial charge < -0.3 is 9.64 Å². The van der Waals surface area contributed by atoms with Crippen molar-refractivity contribution in [3.05, 3.63) is 163 Å². The Bertz CT molecular complexity index is 2370. The highest BCUT2D eigenvalue weighted by Crippen LogP contribution is 2.55. The molecule has 0 N–H and O–H groups in total. The molecule has 0 amide bonds. The van der Waals surface area contributed by atoms with E-state index in [9.17, 15) is 0 Å². The number of anilines is 3. The predicted octanol–water partition coefficient (Wildman–Crippen LogP) is 11.2. The molecule has 48 heavy (non-hydrogen) atoms. The second-order valence-electron chi connectivity index (χ2n) is 14.2. The Hall–Kier alpha value is -5.38. The van der Waals surface area contributed by atoms with E-state index in [0.29, 0.717) is 0 Å². The van der Waals surface area contributed by atoms with Crippen LogP contribution in [0.3, 0.4) is 0 Å². The van der Waals surface area contributed by atoms with Gasteiger partial charge in [-0.1, -0.05) is 142 Å². The molecule has 0 unspecified atom stereocenters. The number of ether oxygens (including phenoxy) is 1. The molecule has 232 valence electrons. The third-order valence-corrected chi connectivity index (χ3v) is 14.2. The van der Waals surface area contributed by atoms with E-state index in [1.807, 2.05) is 0 Å². The fourth-order valence-electron chi connectivity index (χ4n) is 8.11. The van der Waals surface area contributed by atoms with Gasteiger partial charge in [0, 0.05) is 27.7 Å². The predicted molar refractivity (Wildman–Crippen MR) is 205 cm³/mol. The molecule has 0 aromatic heterocycles. The molecular formula is C45H37NOSi. The summed E-state index contributed by atoms with van der Waals surface area (Å²) in [5.41, 5.74) is 10.9. The standard InChI is InChI=1S/C45H37NOSi/c1-45(2)37-27-28-42-44(47-40-19-10-11-20-41(40)48(42,3)4)43(37)36-26-25-34(29-38(36)45)46(39-18-12-16-32-15-8-9-17-35(32)39)33-23-21-31(22-24-33)30-13-6-5-7-14-30/h5-29H,1-4H3. The van der Waals surface area contributed by atoms with Gasteiger partial charge in [-0.15, -0.1) is 0 Å². The average molecular weight is 636 g/mol. The molecule has 7 aromatic carbocycles. The van der Waals surface area contributed by atoms with Crippen LogP contribution in [-0.2, 0) is 5.41 Å². The molecule has 1 aliphatic carbocycles. The number of hydrogen-bond donors (Lipinski definition) is 0. The minimum atomic E-state index is -1.95. The Morgan fingerprint density at radius 2 is 1.25 bits per heavy atom. The van der Waals surface area contributed by atoms with Crippen molar-refractivity contribution in [3.8, 4) is 33.8 Å². The van der Waals surface area contributed by atoms with Crippen molar-refractivity contribution in [2.75, 3.05) is 4.90 Å². The van der Waals surface area contributed by atoms with Crippen molar-refractivity contribution in [2.24, 2.45) is 0 Å². The summed E-state index contributed by atoms with van der Waals surface area (Å²) in [4.78, 5) is 2.43. The SMILES string of the molecule is CC1(C)c2cc(N(c3ccc(-c4ccccc4)cc3)c3cccc4ccccc34)ccc2-c2c1ccc1c2Oc2ccccc2[Si]1(C)C. The molecule has 9 rings (SSSR count). The van der Waals surface area contributed by atoms with Crippen LogP contribution in [0.4, 0.5) is 17.1 Å². The maximum Gasteiger partial charge on any atom is 0.135 e. The molecule has 1 heterocycles. The van der Waals surface area contributed by atoms with E-state index < -0.39 is 8.07 Å². The Morgan fingerprint density at radius 3 is 2.08 bits per heavy atom. The summed E-state index contributed by atoms with van der Waals surface area (Å²) in [6.07, 6.45) is 0. The maximum absolute atomic E-state index is 6.84. The lowest BCUT2D eigenvalue weighted by molar-refractivity contribution is 0.487. The number of hydrogen-bond acceptors (Lipinski definition) is 2. The molecule has 0 saturated carbocycles. The molecular weight excluding hydrogens is 599 g/mol. The van der Waals surface area contributed by atoms with Gasteiger partial charge in [-0.3, -0.25) is 0 Å². The first-order valence-electron chi connectivity index (χ1n) is 16.9. The third kappa shape index (κ3) is 4.24. The summed E-state index contributed by atoms with van der Waals surface area (Å²) in [6, 6.07) is 55.3. The van der Waals surface area contributed by atoms with E-state index in [-0.39, 0.29) is 5.41 Å². The van der Waals surface area contributed by atoms with Crippen LogP contribution in [0.25, 0.3) is 33.0 Å². The van der Waals surface area contributed by atoms with Crippen LogP contribution in [-0.4, -0.2) is 8.07 Å². The van der Waals surface area contributed by atoms with Crippen LogP contribution in [0.1, 0.15) is 25.0 Å². The first-order chi connectivity index (χ1) is 23.3. The maximum atomic E-state index is 6.84. The highest BCUT2D eigenvalue weighted by Gasteiger charge is 2.43. The first-order valence-corrected chi connectivity index (χ1v) is 19.9. The fraction of sp³-hybridized carbons (Fsp3) is 0.111. The van der Waals surface area contributed by atoms with Gasteiger partial charge in [0.25, 0.3) is 0 Å². The van der Waals surface area contributed by atoms with Gasteiger partial charge in [0.2, 0.25) is 0 Å². The van der Waals surface area contributed by atoms with E-state index in [1.54, 1.807) is 0 Å². The van der Waals surface area contributed by atoms with Crippen molar-refractivity contribution in [1.82, 2.24) is 0 Å². The van der Waals surface area contributed by atoms with Crippen molar-refractivity contribution < 1.29 is 4.74 Å². The quantitative estimate of drug-likeness (QED) is 0.178. The molecule has 0 spiro atoms. The van der Waals surface area contributed by atoms with Gasteiger partial charge in [-0.05, 0) is 80.0 Å². The fourth-order valence-corrected chi connectivity index (χ4v) is 10.9. The summed E-state index contributed by atoms with van der Waals surface area (Å²) in [5.74, 6) is 2.07. The number of fused-ring (bicyclic) bond motifs is 7. The molecule has 3 heteroatoms. The van der Waals surface area contributed by atoms with Gasteiger partial charge in [0.1, 0.15) is 19.6 Å². The third-order valence-electron chi connectivity index (χ3n) is 10.7. The van der Waals surface area contributed by atoms with Gasteiger partial charge in [0.15, 0.2) is 0 Å². The molecule has 0 atom stereocenters. The van der Waals surface area contributed by atoms with E-state index in [0.717, 1.165) is 22.9 Å². The topological polar surface area (TPSA) is 12.5 Å². The largest absolute Gasteiger partial charge is 0.457 e. The van der Waals surface area contributed by atoms with Crippen LogP contribution < -0.4 is 20.0 Å². The second-order valence-corrected chi connectivity index (χ2v) is 18.5. The number of benzene rings is 7. The minimum absolute atomic E-state index is 0.191. The van der Waals surface area contributed by atoms with Crippen LogP contribution in [0.15, 0.2) is 152 Å². The lowest BCUT2D eigenvalue weighted by atomic mass is 9.82. The minimum Gasteiger partial charge on any atom is -0.457 e. The average Bonchev–Trinajstić information content (AvgIpc) is 3.35. The summed E-state index contributed by atoms with van der Waals surface area (Å²) in [7, 11) is -1.95. The smallest absolute Gasteiger partial charge is 0.135 e. The molecule has 2 nitrogen and oxygen atoms in total. The Labute approximate surface area is 283 Å². The summed E-state index contributed by atoms with van der Waals surface area (Å²) in [6.45, 7) is 9.64. The van der Waals surface area contributed by atoms with Gasteiger partial charge in [0.05, 0.1) is 5.69 Å². The van der Waals surface area contributed by atoms with Crippen LogP contribution in [0, 0.1) is 0 Å². The normalized spacial score (nSPS) is 14.8. The van der Waals surface area contributed by atoms with Gasteiger partial charge >= 0.3 is 0 Å². The first kappa shape index (κ1) is 28.8. The van der Waals surface area contributed by atoms with E-state index in [1.165, 1.54) is 60.2 Å². The van der Waals surface area contributed by atoms with Crippen molar-refractivity contribution in [3.63, 3.8) is 0 Å². The summed E-state index contributed by atoms with van der Waals surface area (Å²) in [5, 5.41) is 5.20. The molecule has 0 saturated heterocycles. The van der Waals surface area contributed by atoms with Crippen LogP contribution >= 0.6 is 0 Å². The number of nitrogens with zero attached hydrogens (tertiary/aromatic N) is 1. The number of rotatable bonds is 4. The van der Waals surface area contributed by atoms with Gasteiger partial charge in [-0.25, -0.2) is 0 Å². The van der Waals surface area contributed by atoms with E-state index >= 15 is 0 Å². The summed E-state index contributed by atoms with van der Waals surface area (Å²) >= 11 is 0. The van der Waals surface area contributed by atoms with E-state index in [4.69, 9.17) is 4.74 Å². The zero-order valence-electron chi connectivity index (χ0n) is 27.8. The van der Waals surface area contributed by atoms with Crippen molar-refractivity contribution in [1.29, 1.82) is 0 Å². The molecule has 2 aliphatic rings. The summed E-state index contributed by atoms with van der Waals surface area (Å²) < 4.78 is 6.84. The molecule has 0 fully saturated rings. The van der Waals surface area contributed by atoms with E-state index in [2.05, 4.69) is 184 Å². The highest BCUT2D eigenvalue weighted by molar-refractivity contribution is 7.01. The monoisotopic (exact) mass is 635 g/mol. The van der Waals surface area contributed by atoms with Crippen LogP contribution in [0.2, 0.25) is 13.1 Å². The highest BCUT2D eigenvalue weighted by atomic mass is 28.3. The van der Waals surface area contributed by atoms with Crippen molar-refractivity contribution in [2.45, 2.75) is 32.4 Å². The Morgan fingerprint density at radius 1 is 0.562 bits per heavy atom.